The summed E-state index contributed by atoms with van der Waals surface area (Å²) in [7, 11) is 1.79. The summed E-state index contributed by atoms with van der Waals surface area (Å²) in [6, 6.07) is 6.55. The molecular weight excluding hydrogens is 182 g/mol. The van der Waals surface area contributed by atoms with Crippen molar-refractivity contribution in [1.29, 1.82) is 0 Å². The molecule has 1 rings (SSSR count). The average molecular weight is 201 g/mol. The van der Waals surface area contributed by atoms with Gasteiger partial charge in [0.25, 0.3) is 0 Å². The number of allylic oxidation sites excluding steroid dienone is 1. The van der Waals surface area contributed by atoms with Crippen molar-refractivity contribution in [2.24, 2.45) is 4.99 Å². The zero-order chi connectivity index (χ0) is 11.3. The summed E-state index contributed by atoms with van der Waals surface area (Å²) in [5, 5.41) is 0. The van der Waals surface area contributed by atoms with Crippen molar-refractivity contribution in [3.8, 4) is 0 Å². The van der Waals surface area contributed by atoms with Gasteiger partial charge in [-0.15, -0.1) is 0 Å². The summed E-state index contributed by atoms with van der Waals surface area (Å²) < 4.78 is 0. The van der Waals surface area contributed by atoms with Crippen LogP contribution in [0.25, 0.3) is 5.57 Å². The van der Waals surface area contributed by atoms with Gasteiger partial charge in [0, 0.05) is 19.7 Å². The summed E-state index contributed by atoms with van der Waals surface area (Å²) in [6.07, 6.45) is 3.80. The molecule has 0 fully saturated rings. The van der Waals surface area contributed by atoms with Gasteiger partial charge < -0.3 is 4.99 Å². The maximum Gasteiger partial charge on any atom is 0.0273 e. The molecule has 0 aliphatic rings. The predicted octanol–water partition coefficient (Wildman–Crippen LogP) is 3.66. The Balaban J connectivity index is 2.97. The van der Waals surface area contributed by atoms with Crippen LogP contribution in [0.5, 0.6) is 0 Å². The van der Waals surface area contributed by atoms with Crippen LogP contribution in [-0.2, 0) is 6.42 Å². The third kappa shape index (κ3) is 3.05. The fraction of sp³-hybridized carbons (Fsp3) is 0.357. The minimum Gasteiger partial charge on any atom is -0.301 e. The fourth-order valence-electron chi connectivity index (χ4n) is 1.67. The maximum atomic E-state index is 4.11. The first-order valence-corrected chi connectivity index (χ1v) is 5.37. The van der Waals surface area contributed by atoms with E-state index in [2.05, 4.69) is 43.6 Å². The zero-order valence-electron chi connectivity index (χ0n) is 9.88. The maximum absolute atomic E-state index is 4.11. The van der Waals surface area contributed by atoms with Gasteiger partial charge in [-0.3, -0.25) is 0 Å². The number of aliphatic imine (C=N–C) groups is 1. The van der Waals surface area contributed by atoms with Crippen molar-refractivity contribution in [2.75, 3.05) is 7.05 Å². The number of rotatable bonds is 4. The number of aryl methyl sites for hydroxylation is 2. The second kappa shape index (κ2) is 5.50. The minimum absolute atomic E-state index is 0.840. The molecule has 0 unspecified atom stereocenters. The lowest BCUT2D eigenvalue weighted by Crippen LogP contribution is -1.93. The lowest BCUT2D eigenvalue weighted by atomic mass is 9.96. The Morgan fingerprint density at radius 1 is 1.47 bits per heavy atom. The molecule has 0 bridgehead atoms. The summed E-state index contributed by atoms with van der Waals surface area (Å²) in [5.41, 5.74) is 5.12. The highest BCUT2D eigenvalue weighted by Gasteiger charge is 2.03. The van der Waals surface area contributed by atoms with Gasteiger partial charge in [-0.05, 0) is 30.0 Å². The van der Waals surface area contributed by atoms with Crippen LogP contribution in [0.15, 0.2) is 29.8 Å². The normalized spacial score (nSPS) is 10.9. The molecule has 1 aromatic carbocycles. The summed E-state index contributed by atoms with van der Waals surface area (Å²) in [4.78, 5) is 3.99. The van der Waals surface area contributed by atoms with Gasteiger partial charge in [0.2, 0.25) is 0 Å². The van der Waals surface area contributed by atoms with E-state index >= 15 is 0 Å². The second-order valence-corrected chi connectivity index (χ2v) is 3.76. The molecule has 0 saturated heterocycles. The summed E-state index contributed by atoms with van der Waals surface area (Å²) in [6.45, 7) is 8.41. The monoisotopic (exact) mass is 201 g/mol. The van der Waals surface area contributed by atoms with Crippen molar-refractivity contribution in [3.63, 3.8) is 0 Å². The largest absolute Gasteiger partial charge is 0.301 e. The molecule has 0 saturated carbocycles. The molecule has 0 aromatic heterocycles. The highest BCUT2D eigenvalue weighted by Crippen LogP contribution is 2.21. The van der Waals surface area contributed by atoms with Gasteiger partial charge in [-0.2, -0.15) is 0 Å². The van der Waals surface area contributed by atoms with Gasteiger partial charge in [0.1, 0.15) is 0 Å². The van der Waals surface area contributed by atoms with Crippen molar-refractivity contribution >= 4 is 11.8 Å². The SMILES string of the molecule is C=C(CC=NC)c1ccc(C)cc1CC. The highest BCUT2D eigenvalue weighted by molar-refractivity contribution is 5.79. The molecule has 0 heterocycles. The topological polar surface area (TPSA) is 12.4 Å². The van der Waals surface area contributed by atoms with Gasteiger partial charge in [-0.25, -0.2) is 0 Å². The van der Waals surface area contributed by atoms with Gasteiger partial charge >= 0.3 is 0 Å². The van der Waals surface area contributed by atoms with Gasteiger partial charge in [0.05, 0.1) is 0 Å². The third-order valence-electron chi connectivity index (χ3n) is 2.54. The van der Waals surface area contributed by atoms with Gasteiger partial charge in [-0.1, -0.05) is 37.3 Å². The van der Waals surface area contributed by atoms with E-state index in [1.807, 2.05) is 6.21 Å². The van der Waals surface area contributed by atoms with Crippen molar-refractivity contribution in [2.45, 2.75) is 26.7 Å². The Labute approximate surface area is 92.6 Å². The molecule has 0 N–H and O–H groups in total. The first-order valence-electron chi connectivity index (χ1n) is 5.37. The lowest BCUT2D eigenvalue weighted by Gasteiger charge is -2.10. The van der Waals surface area contributed by atoms with E-state index < -0.39 is 0 Å². The fourth-order valence-corrected chi connectivity index (χ4v) is 1.67. The Morgan fingerprint density at radius 2 is 2.20 bits per heavy atom. The van der Waals surface area contributed by atoms with Crippen LogP contribution in [0.1, 0.15) is 30.0 Å². The van der Waals surface area contributed by atoms with Crippen LogP contribution in [-0.4, -0.2) is 13.3 Å². The number of benzene rings is 1. The zero-order valence-corrected chi connectivity index (χ0v) is 9.88. The molecule has 0 spiro atoms. The van der Waals surface area contributed by atoms with Crippen molar-refractivity contribution in [1.82, 2.24) is 0 Å². The number of hydrogen-bond acceptors (Lipinski definition) is 1. The molecule has 15 heavy (non-hydrogen) atoms. The Hall–Kier alpha value is -1.37. The molecular formula is C14H19N. The van der Waals surface area contributed by atoms with E-state index in [1.54, 1.807) is 7.05 Å². The average Bonchev–Trinajstić information content (AvgIpc) is 2.25. The molecule has 0 aliphatic heterocycles. The highest BCUT2D eigenvalue weighted by atomic mass is 14.6. The molecule has 1 aromatic rings. The van der Waals surface area contributed by atoms with E-state index in [-0.39, 0.29) is 0 Å². The first kappa shape index (κ1) is 11.7. The van der Waals surface area contributed by atoms with Crippen LogP contribution >= 0.6 is 0 Å². The van der Waals surface area contributed by atoms with Crippen LogP contribution in [0.2, 0.25) is 0 Å². The quantitative estimate of drug-likeness (QED) is 0.659. The number of nitrogens with zero attached hydrogens (tertiary/aromatic N) is 1. The minimum atomic E-state index is 0.840. The van der Waals surface area contributed by atoms with E-state index in [1.165, 1.54) is 16.7 Å². The van der Waals surface area contributed by atoms with Crippen LogP contribution < -0.4 is 0 Å². The Kier molecular flexibility index (Phi) is 4.29. The molecule has 1 nitrogen and oxygen atoms in total. The predicted molar refractivity (Wildman–Crippen MR) is 68.6 cm³/mol. The smallest absolute Gasteiger partial charge is 0.0273 e. The Morgan fingerprint density at radius 3 is 2.80 bits per heavy atom. The molecule has 0 atom stereocenters. The third-order valence-corrected chi connectivity index (χ3v) is 2.54. The molecule has 1 heteroatoms. The van der Waals surface area contributed by atoms with E-state index in [0.29, 0.717) is 0 Å². The summed E-state index contributed by atoms with van der Waals surface area (Å²) in [5.74, 6) is 0. The molecule has 0 aliphatic carbocycles. The van der Waals surface area contributed by atoms with E-state index in [4.69, 9.17) is 0 Å². The van der Waals surface area contributed by atoms with Crippen LogP contribution in [0, 0.1) is 6.92 Å². The van der Waals surface area contributed by atoms with E-state index in [9.17, 15) is 0 Å². The molecule has 80 valence electrons. The molecule has 0 amide bonds. The van der Waals surface area contributed by atoms with Crippen LogP contribution in [0.4, 0.5) is 0 Å². The van der Waals surface area contributed by atoms with Crippen molar-refractivity contribution < 1.29 is 0 Å². The van der Waals surface area contributed by atoms with E-state index in [0.717, 1.165) is 18.4 Å². The molecule has 0 radical (unpaired) electrons. The second-order valence-electron chi connectivity index (χ2n) is 3.76. The van der Waals surface area contributed by atoms with Crippen molar-refractivity contribution in [3.05, 3.63) is 41.5 Å². The standard InChI is InChI=1S/C14H19N/c1-5-13-10-11(2)6-7-14(13)12(3)8-9-15-4/h6-7,9-10H,3,5,8H2,1-2,4H3. The van der Waals surface area contributed by atoms with Crippen LogP contribution in [0.3, 0.4) is 0 Å². The first-order chi connectivity index (χ1) is 7.19. The van der Waals surface area contributed by atoms with Gasteiger partial charge in [0.15, 0.2) is 0 Å². The lowest BCUT2D eigenvalue weighted by molar-refractivity contribution is 1.12. The summed E-state index contributed by atoms with van der Waals surface area (Å²) >= 11 is 0. The Bertz CT molecular complexity index is 375. The number of hydrogen-bond donors (Lipinski definition) is 0.